The molecule has 2 aromatic rings. The first-order chi connectivity index (χ1) is 12.1. The third-order valence-electron chi connectivity index (χ3n) is 4.45. The zero-order valence-corrected chi connectivity index (χ0v) is 13.9. The van der Waals surface area contributed by atoms with Crippen molar-refractivity contribution in [3.8, 4) is 5.75 Å². The normalized spacial score (nSPS) is 15.4. The molecule has 0 fully saturated rings. The molecule has 0 aromatic heterocycles. The Morgan fingerprint density at radius 3 is 2.64 bits per heavy atom. The number of carboxylic acid groups (broad SMARTS) is 1. The number of hydrogen-bond acceptors (Lipinski definition) is 3. The van der Waals surface area contributed by atoms with Crippen LogP contribution >= 0.6 is 0 Å². The lowest BCUT2D eigenvalue weighted by Crippen LogP contribution is -2.30. The number of carbonyl (C=O) groups excluding carboxylic acids is 1. The zero-order chi connectivity index (χ0) is 17.6. The minimum Gasteiger partial charge on any atom is -0.482 e. The van der Waals surface area contributed by atoms with Crippen molar-refractivity contribution in [2.75, 3.05) is 13.2 Å². The molecule has 25 heavy (non-hydrogen) atoms. The van der Waals surface area contributed by atoms with Crippen molar-refractivity contribution < 1.29 is 19.4 Å². The van der Waals surface area contributed by atoms with E-state index in [0.717, 1.165) is 30.4 Å². The summed E-state index contributed by atoms with van der Waals surface area (Å²) in [5.74, 6) is -0.424. The van der Waals surface area contributed by atoms with E-state index >= 15 is 0 Å². The van der Waals surface area contributed by atoms with Gasteiger partial charge in [0.15, 0.2) is 6.61 Å². The van der Waals surface area contributed by atoms with Gasteiger partial charge < -0.3 is 15.2 Å². The maximum atomic E-state index is 12.4. The molecule has 1 amide bonds. The molecule has 1 aliphatic rings. The topological polar surface area (TPSA) is 75.6 Å². The van der Waals surface area contributed by atoms with E-state index in [9.17, 15) is 9.59 Å². The lowest BCUT2D eigenvalue weighted by atomic mass is 10.0. The first-order valence-electron chi connectivity index (χ1n) is 8.42. The Hall–Kier alpha value is -2.82. The molecular weight excluding hydrogens is 318 g/mol. The first-order valence-corrected chi connectivity index (χ1v) is 8.42. The van der Waals surface area contributed by atoms with Crippen LogP contribution in [0.15, 0.2) is 48.5 Å². The number of amides is 1. The third kappa shape index (κ3) is 4.38. The number of nitrogens with one attached hydrogen (secondary N) is 1. The predicted octanol–water partition coefficient (Wildman–Crippen LogP) is 2.54. The molecule has 0 radical (unpaired) electrons. The molecular formula is C20H21NO4. The van der Waals surface area contributed by atoms with E-state index in [4.69, 9.17) is 9.84 Å². The number of carboxylic acids is 1. The Kier molecular flexibility index (Phi) is 5.33. The van der Waals surface area contributed by atoms with E-state index in [2.05, 4.69) is 11.4 Å². The minimum absolute atomic E-state index is 0.0389. The van der Waals surface area contributed by atoms with Gasteiger partial charge in [0.05, 0.1) is 5.92 Å². The van der Waals surface area contributed by atoms with Crippen LogP contribution in [-0.4, -0.2) is 30.1 Å². The van der Waals surface area contributed by atoms with E-state index in [1.807, 2.05) is 30.3 Å². The van der Waals surface area contributed by atoms with Crippen LogP contribution in [0, 0.1) is 0 Å². The summed E-state index contributed by atoms with van der Waals surface area (Å²) >= 11 is 0. The largest absolute Gasteiger partial charge is 0.482 e. The van der Waals surface area contributed by atoms with Gasteiger partial charge in [0.25, 0.3) is 0 Å². The number of hydrogen-bond donors (Lipinski definition) is 2. The number of aryl methyl sites for hydroxylation is 1. The summed E-state index contributed by atoms with van der Waals surface area (Å²) in [6.07, 6.45) is 2.56. The van der Waals surface area contributed by atoms with Gasteiger partial charge in [-0.2, -0.15) is 0 Å². The van der Waals surface area contributed by atoms with Gasteiger partial charge in [-0.1, -0.05) is 36.4 Å². The van der Waals surface area contributed by atoms with E-state index in [1.54, 1.807) is 12.1 Å². The first kappa shape index (κ1) is 17.0. The van der Waals surface area contributed by atoms with Gasteiger partial charge in [-0.05, 0) is 48.1 Å². The molecule has 2 aromatic carbocycles. The number of ether oxygens (including phenoxy) is 1. The molecule has 1 unspecified atom stereocenters. The number of rotatable bonds is 7. The molecule has 0 heterocycles. The number of fused-ring (bicyclic) bond motifs is 1. The smallest absolute Gasteiger partial charge is 0.341 e. The fourth-order valence-electron chi connectivity index (χ4n) is 3.18. The van der Waals surface area contributed by atoms with Gasteiger partial charge in [0, 0.05) is 6.54 Å². The summed E-state index contributed by atoms with van der Waals surface area (Å²) < 4.78 is 5.10. The predicted molar refractivity (Wildman–Crippen MR) is 93.8 cm³/mol. The third-order valence-corrected chi connectivity index (χ3v) is 4.45. The van der Waals surface area contributed by atoms with Crippen LogP contribution in [0.2, 0.25) is 0 Å². The van der Waals surface area contributed by atoms with Crippen molar-refractivity contribution in [1.82, 2.24) is 5.32 Å². The summed E-state index contributed by atoms with van der Waals surface area (Å²) in [4.78, 5) is 22.9. The molecule has 0 saturated carbocycles. The lowest BCUT2D eigenvalue weighted by Gasteiger charge is -2.12. The molecule has 1 atom stereocenters. The van der Waals surface area contributed by atoms with Gasteiger partial charge in [-0.15, -0.1) is 0 Å². The van der Waals surface area contributed by atoms with E-state index < -0.39 is 5.97 Å². The summed E-state index contributed by atoms with van der Waals surface area (Å²) in [6, 6.07) is 15.4. The monoisotopic (exact) mass is 339 g/mol. The second-order valence-electron chi connectivity index (χ2n) is 6.16. The highest BCUT2D eigenvalue weighted by molar-refractivity contribution is 5.84. The standard InChI is InChI=1S/C20H21NO4/c22-19(23)13-25-16-8-5-14(6-9-16)11-12-21-20(24)18-10-7-15-3-1-2-4-17(15)18/h1-6,8-9,18H,7,10-13H2,(H,21,24)(H,22,23). The molecule has 130 valence electrons. The van der Waals surface area contributed by atoms with E-state index in [1.165, 1.54) is 5.56 Å². The average Bonchev–Trinajstić information content (AvgIpc) is 3.05. The van der Waals surface area contributed by atoms with Crippen LogP contribution in [0.25, 0.3) is 0 Å². The van der Waals surface area contributed by atoms with Crippen molar-refractivity contribution in [1.29, 1.82) is 0 Å². The highest BCUT2D eigenvalue weighted by Gasteiger charge is 2.27. The van der Waals surface area contributed by atoms with Gasteiger partial charge in [-0.25, -0.2) is 4.79 Å². The van der Waals surface area contributed by atoms with Crippen LogP contribution in [0.1, 0.15) is 29.0 Å². The van der Waals surface area contributed by atoms with Gasteiger partial charge in [-0.3, -0.25) is 4.79 Å². The molecule has 0 aliphatic heterocycles. The quantitative estimate of drug-likeness (QED) is 0.813. The maximum absolute atomic E-state index is 12.4. The Balaban J connectivity index is 1.47. The fourth-order valence-corrected chi connectivity index (χ4v) is 3.18. The average molecular weight is 339 g/mol. The molecule has 2 N–H and O–H groups in total. The second-order valence-corrected chi connectivity index (χ2v) is 6.16. The van der Waals surface area contributed by atoms with Crippen molar-refractivity contribution >= 4 is 11.9 Å². The summed E-state index contributed by atoms with van der Waals surface area (Å²) in [5, 5.41) is 11.6. The highest BCUT2D eigenvalue weighted by Crippen LogP contribution is 2.32. The SMILES string of the molecule is O=C(O)COc1ccc(CCNC(=O)C2CCc3ccccc32)cc1. The fraction of sp³-hybridized carbons (Fsp3) is 0.300. The van der Waals surface area contributed by atoms with Crippen molar-refractivity contribution in [3.63, 3.8) is 0 Å². The van der Waals surface area contributed by atoms with Gasteiger partial charge in [0.1, 0.15) is 5.75 Å². The molecule has 5 heteroatoms. The summed E-state index contributed by atoms with van der Waals surface area (Å²) in [7, 11) is 0. The molecule has 3 rings (SSSR count). The second kappa shape index (κ2) is 7.83. The van der Waals surface area contributed by atoms with E-state index in [0.29, 0.717) is 12.3 Å². The summed E-state index contributed by atoms with van der Waals surface area (Å²) in [5.41, 5.74) is 3.49. The minimum atomic E-state index is -1.000. The van der Waals surface area contributed by atoms with Gasteiger partial charge in [0.2, 0.25) is 5.91 Å². The van der Waals surface area contributed by atoms with Crippen molar-refractivity contribution in [2.24, 2.45) is 0 Å². The number of carbonyl (C=O) groups is 2. The van der Waals surface area contributed by atoms with Gasteiger partial charge >= 0.3 is 5.97 Å². The molecule has 0 bridgehead atoms. The number of aliphatic carboxylic acids is 1. The molecule has 0 spiro atoms. The Labute approximate surface area is 146 Å². The summed E-state index contributed by atoms with van der Waals surface area (Å²) in [6.45, 7) is 0.227. The van der Waals surface area contributed by atoms with Crippen molar-refractivity contribution in [2.45, 2.75) is 25.2 Å². The molecule has 0 saturated heterocycles. The van der Waals surface area contributed by atoms with E-state index in [-0.39, 0.29) is 18.4 Å². The maximum Gasteiger partial charge on any atom is 0.341 e. The Morgan fingerprint density at radius 1 is 1.12 bits per heavy atom. The van der Waals surface area contributed by atoms with Crippen LogP contribution < -0.4 is 10.1 Å². The zero-order valence-electron chi connectivity index (χ0n) is 13.9. The van der Waals surface area contributed by atoms with Crippen molar-refractivity contribution in [3.05, 3.63) is 65.2 Å². The number of benzene rings is 2. The Bertz CT molecular complexity index is 755. The van der Waals surface area contributed by atoms with Crippen LogP contribution in [-0.2, 0) is 22.4 Å². The molecule has 1 aliphatic carbocycles. The van der Waals surface area contributed by atoms with Crippen LogP contribution in [0.3, 0.4) is 0 Å². The Morgan fingerprint density at radius 2 is 1.88 bits per heavy atom. The van der Waals surface area contributed by atoms with Crippen LogP contribution in [0.4, 0.5) is 0 Å². The lowest BCUT2D eigenvalue weighted by molar-refractivity contribution is -0.139. The molecule has 5 nitrogen and oxygen atoms in total. The van der Waals surface area contributed by atoms with Crippen LogP contribution in [0.5, 0.6) is 5.75 Å². The highest BCUT2D eigenvalue weighted by atomic mass is 16.5.